The number of esters is 1. The molecule has 1 aliphatic heterocycles. The van der Waals surface area contributed by atoms with Crippen LogP contribution < -0.4 is 5.32 Å². The summed E-state index contributed by atoms with van der Waals surface area (Å²) in [4.78, 5) is 13.7. The highest BCUT2D eigenvalue weighted by Gasteiger charge is 2.57. The molecule has 0 saturated carbocycles. The fraction of sp³-hybridized carbons (Fsp3) is 0.240. The molecule has 5 nitrogen and oxygen atoms in total. The highest BCUT2D eigenvalue weighted by Crippen LogP contribution is 2.47. The minimum atomic E-state index is -1.53. The van der Waals surface area contributed by atoms with Gasteiger partial charge in [0.1, 0.15) is 16.5 Å². The maximum absolute atomic E-state index is 14.0. The lowest BCUT2D eigenvalue weighted by atomic mass is 9.88. The first-order valence-electron chi connectivity index (χ1n) is 10.2. The molecule has 4 atom stereocenters. The summed E-state index contributed by atoms with van der Waals surface area (Å²) in [5.74, 6) is -0.398. The van der Waals surface area contributed by atoms with Crippen LogP contribution in [0.15, 0.2) is 89.8 Å². The van der Waals surface area contributed by atoms with E-state index in [2.05, 4.69) is 5.32 Å². The maximum Gasteiger partial charge on any atom is 0.327 e. The van der Waals surface area contributed by atoms with E-state index in [9.17, 15) is 9.00 Å². The first-order chi connectivity index (χ1) is 15.0. The lowest BCUT2D eigenvalue weighted by molar-refractivity contribution is -0.148. The van der Waals surface area contributed by atoms with Crippen LogP contribution in [0.25, 0.3) is 0 Å². The summed E-state index contributed by atoms with van der Waals surface area (Å²) in [5.41, 5.74) is 1.81. The first-order valence-corrected chi connectivity index (χ1v) is 11.3. The van der Waals surface area contributed by atoms with E-state index in [1.165, 1.54) is 7.11 Å². The molecule has 0 amide bonds. The third-order valence-electron chi connectivity index (χ3n) is 5.75. The summed E-state index contributed by atoms with van der Waals surface area (Å²) in [5, 5.41) is 3.45. The number of carbonyl (C=O) groups excluding carboxylic acids is 1. The van der Waals surface area contributed by atoms with Gasteiger partial charge in [-0.15, -0.1) is 0 Å². The van der Waals surface area contributed by atoms with E-state index in [0.29, 0.717) is 4.90 Å². The molecule has 0 aliphatic carbocycles. The van der Waals surface area contributed by atoms with Gasteiger partial charge in [-0.25, -0.2) is 9.00 Å². The minimum Gasteiger partial charge on any atom is -0.468 e. The molecule has 31 heavy (non-hydrogen) atoms. The van der Waals surface area contributed by atoms with E-state index in [1.54, 1.807) is 0 Å². The second kappa shape index (κ2) is 8.75. The van der Waals surface area contributed by atoms with Crippen LogP contribution in [0.4, 0.5) is 0 Å². The van der Waals surface area contributed by atoms with Gasteiger partial charge in [0.15, 0.2) is 0 Å². The fourth-order valence-electron chi connectivity index (χ4n) is 4.16. The average molecular weight is 435 g/mol. The second-order valence-electron chi connectivity index (χ2n) is 7.89. The normalized spacial score (nSPS) is 24.6. The molecule has 3 aromatic carbocycles. The third kappa shape index (κ3) is 3.94. The van der Waals surface area contributed by atoms with E-state index < -0.39 is 34.7 Å². The van der Waals surface area contributed by atoms with E-state index in [0.717, 1.165) is 16.7 Å². The zero-order valence-corrected chi connectivity index (χ0v) is 18.6. The quantitative estimate of drug-likeness (QED) is 0.609. The number of hydrogen-bond donors (Lipinski definition) is 1. The van der Waals surface area contributed by atoms with Gasteiger partial charge in [-0.3, -0.25) is 5.32 Å². The highest BCUT2D eigenvalue weighted by atomic mass is 32.2. The molecule has 0 unspecified atom stereocenters. The van der Waals surface area contributed by atoms with Crippen molar-refractivity contribution in [2.24, 2.45) is 0 Å². The Hall–Kier alpha value is -2.80. The largest absolute Gasteiger partial charge is 0.468 e. The Bertz CT molecular complexity index is 1070. The molecule has 0 radical (unpaired) electrons. The van der Waals surface area contributed by atoms with Crippen molar-refractivity contribution in [3.8, 4) is 0 Å². The van der Waals surface area contributed by atoms with Crippen LogP contribution in [0.2, 0.25) is 0 Å². The standard InChI is InChI=1S/C25H26N2O3S/c1-18-14-16-21(17-15-18)31(29)27-22(19-10-6-4-7-11-19)25(2,24(28)30-3)26-23(27)20-12-8-5-9-13-20/h4-17,22-23,26H,1-3H3/t22-,23+,25-,31+/m1/s1. The molecule has 0 spiro atoms. The predicted octanol–water partition coefficient (Wildman–Crippen LogP) is 4.29. The number of rotatable bonds is 5. The van der Waals surface area contributed by atoms with E-state index in [4.69, 9.17) is 4.74 Å². The smallest absolute Gasteiger partial charge is 0.327 e. The molecule has 0 aromatic heterocycles. The number of ether oxygens (including phenoxy) is 1. The van der Waals surface area contributed by atoms with Crippen molar-refractivity contribution >= 4 is 17.0 Å². The van der Waals surface area contributed by atoms with Crippen LogP contribution >= 0.6 is 0 Å². The molecule has 4 rings (SSSR count). The number of carbonyl (C=O) groups is 1. The van der Waals surface area contributed by atoms with Crippen molar-refractivity contribution in [1.82, 2.24) is 9.62 Å². The number of nitrogens with zero attached hydrogens (tertiary/aromatic N) is 1. The molecule has 1 heterocycles. The second-order valence-corrected chi connectivity index (χ2v) is 9.28. The van der Waals surface area contributed by atoms with E-state index in [-0.39, 0.29) is 0 Å². The molecule has 1 aliphatic rings. The molecule has 160 valence electrons. The van der Waals surface area contributed by atoms with Crippen molar-refractivity contribution in [3.63, 3.8) is 0 Å². The number of aryl methyl sites for hydroxylation is 1. The zero-order chi connectivity index (χ0) is 22.0. The molecular weight excluding hydrogens is 408 g/mol. The van der Waals surface area contributed by atoms with Crippen molar-refractivity contribution < 1.29 is 13.7 Å². The van der Waals surface area contributed by atoms with Gasteiger partial charge in [0, 0.05) is 0 Å². The van der Waals surface area contributed by atoms with Crippen molar-refractivity contribution in [2.75, 3.05) is 7.11 Å². The van der Waals surface area contributed by atoms with Crippen molar-refractivity contribution in [1.29, 1.82) is 0 Å². The topological polar surface area (TPSA) is 58.6 Å². The molecule has 0 bridgehead atoms. The van der Waals surface area contributed by atoms with Crippen molar-refractivity contribution in [2.45, 2.75) is 36.5 Å². The van der Waals surface area contributed by atoms with Gasteiger partial charge in [0.2, 0.25) is 0 Å². The average Bonchev–Trinajstić information content (AvgIpc) is 3.14. The van der Waals surface area contributed by atoms with Gasteiger partial charge in [-0.05, 0) is 37.1 Å². The fourth-order valence-corrected chi connectivity index (χ4v) is 5.66. The zero-order valence-electron chi connectivity index (χ0n) is 17.8. The van der Waals surface area contributed by atoms with Gasteiger partial charge in [0.25, 0.3) is 0 Å². The number of methoxy groups -OCH3 is 1. The van der Waals surface area contributed by atoms with Gasteiger partial charge in [-0.1, -0.05) is 78.4 Å². The number of hydrogen-bond acceptors (Lipinski definition) is 4. The Balaban J connectivity index is 1.90. The third-order valence-corrected chi connectivity index (χ3v) is 7.23. The summed E-state index contributed by atoms with van der Waals surface area (Å²) >= 11 is 0. The number of benzene rings is 3. The SMILES string of the molecule is COC(=O)[C@]1(C)N[C@H](c2ccccc2)N([S@@](=O)c2ccc(C)cc2)[C@@H]1c1ccccc1. The Kier molecular flexibility index (Phi) is 6.05. The summed E-state index contributed by atoms with van der Waals surface area (Å²) < 4.78 is 21.0. The highest BCUT2D eigenvalue weighted by molar-refractivity contribution is 7.82. The van der Waals surface area contributed by atoms with Crippen LogP contribution in [-0.2, 0) is 20.5 Å². The van der Waals surface area contributed by atoms with Crippen LogP contribution in [0.5, 0.6) is 0 Å². The van der Waals surface area contributed by atoms with Gasteiger partial charge < -0.3 is 4.74 Å². The summed E-state index contributed by atoms with van der Waals surface area (Å²) in [6.07, 6.45) is -0.447. The van der Waals surface area contributed by atoms with Crippen LogP contribution in [0.3, 0.4) is 0 Å². The summed E-state index contributed by atoms with van der Waals surface area (Å²) in [6.45, 7) is 3.82. The Labute approximate surface area is 185 Å². The Morgan fingerprint density at radius 2 is 1.48 bits per heavy atom. The van der Waals surface area contributed by atoms with Gasteiger partial charge in [0.05, 0.1) is 24.2 Å². The molecule has 1 fully saturated rings. The summed E-state index contributed by atoms with van der Waals surface area (Å²) in [6, 6.07) is 26.6. The molecule has 1 saturated heterocycles. The van der Waals surface area contributed by atoms with Crippen molar-refractivity contribution in [3.05, 3.63) is 102 Å². The van der Waals surface area contributed by atoms with E-state index in [1.807, 2.05) is 103 Å². The van der Waals surface area contributed by atoms with Gasteiger partial charge >= 0.3 is 5.97 Å². The molecule has 6 heteroatoms. The Morgan fingerprint density at radius 1 is 0.935 bits per heavy atom. The number of nitrogens with one attached hydrogen (secondary N) is 1. The Morgan fingerprint density at radius 3 is 2.03 bits per heavy atom. The molecule has 1 N–H and O–H groups in total. The predicted molar refractivity (Wildman–Crippen MR) is 121 cm³/mol. The monoisotopic (exact) mass is 434 g/mol. The first kappa shape index (κ1) is 21.4. The minimum absolute atomic E-state index is 0.398. The lowest BCUT2D eigenvalue weighted by Crippen LogP contribution is -2.50. The summed E-state index contributed by atoms with van der Waals surface area (Å²) in [7, 11) is -0.147. The lowest BCUT2D eigenvalue weighted by Gasteiger charge is -2.32. The van der Waals surface area contributed by atoms with E-state index >= 15 is 0 Å². The van der Waals surface area contributed by atoms with Gasteiger partial charge in [-0.2, -0.15) is 4.31 Å². The molecular formula is C25H26N2O3S. The van der Waals surface area contributed by atoms with Crippen LogP contribution in [-0.4, -0.2) is 27.1 Å². The molecule has 3 aromatic rings. The maximum atomic E-state index is 14.0. The van der Waals surface area contributed by atoms with Crippen LogP contribution in [0.1, 0.15) is 35.8 Å². The van der Waals surface area contributed by atoms with Crippen LogP contribution in [0, 0.1) is 6.92 Å².